The van der Waals surface area contributed by atoms with Gasteiger partial charge in [0.05, 0.1) is 0 Å². The Hall–Kier alpha value is -1.88. The fourth-order valence-corrected chi connectivity index (χ4v) is 1.82. The van der Waals surface area contributed by atoms with Crippen molar-refractivity contribution in [2.45, 2.75) is 0 Å². The molecule has 2 rings (SSSR count). The molecule has 0 aliphatic carbocycles. The molecule has 2 N–H and O–H groups in total. The number of nitrogens with one attached hydrogen (secondary N) is 2. The van der Waals surface area contributed by atoms with Crippen LogP contribution in [0.3, 0.4) is 0 Å². The van der Waals surface area contributed by atoms with Gasteiger partial charge in [0.15, 0.2) is 0 Å². The maximum absolute atomic E-state index is 4.02. The van der Waals surface area contributed by atoms with Crippen molar-refractivity contribution in [3.63, 3.8) is 0 Å². The molecule has 0 unspecified atom stereocenters. The fourth-order valence-electron chi connectivity index (χ4n) is 1.15. The summed E-state index contributed by atoms with van der Waals surface area (Å²) in [6.45, 7) is 4.32. The predicted molar refractivity (Wildman–Crippen MR) is 68.3 cm³/mol. The van der Waals surface area contributed by atoms with Crippen LogP contribution in [0.2, 0.25) is 0 Å². The Kier molecular flexibility index (Phi) is 3.50. The Morgan fingerprint density at radius 2 is 1.94 bits per heavy atom. The molecule has 1 aromatic carbocycles. The monoisotopic (exact) mass is 232 g/mol. The maximum Gasteiger partial charge on any atom is 0.211 e. The second-order valence-electron chi connectivity index (χ2n) is 3.07. The summed E-state index contributed by atoms with van der Waals surface area (Å²) in [6.07, 6.45) is 1.78. The van der Waals surface area contributed by atoms with Crippen molar-refractivity contribution in [3.05, 3.63) is 43.0 Å². The smallest absolute Gasteiger partial charge is 0.211 e. The van der Waals surface area contributed by atoms with Crippen LogP contribution in [0.25, 0.3) is 0 Å². The summed E-state index contributed by atoms with van der Waals surface area (Å²) in [5, 5.41) is 15.9. The van der Waals surface area contributed by atoms with Crippen molar-refractivity contribution in [3.8, 4) is 0 Å². The van der Waals surface area contributed by atoms with E-state index in [1.165, 1.54) is 11.3 Å². The van der Waals surface area contributed by atoms with Gasteiger partial charge in [0, 0.05) is 12.2 Å². The third-order valence-electron chi connectivity index (χ3n) is 1.85. The minimum absolute atomic E-state index is 0.694. The number of benzene rings is 1. The van der Waals surface area contributed by atoms with Crippen LogP contribution in [0.15, 0.2) is 43.0 Å². The Balaban J connectivity index is 2.00. The molecule has 0 fully saturated rings. The van der Waals surface area contributed by atoms with Gasteiger partial charge >= 0.3 is 0 Å². The van der Waals surface area contributed by atoms with Gasteiger partial charge in [0.25, 0.3) is 0 Å². The first kappa shape index (κ1) is 10.6. The van der Waals surface area contributed by atoms with Crippen molar-refractivity contribution in [1.82, 2.24) is 10.2 Å². The zero-order valence-corrected chi connectivity index (χ0v) is 9.50. The van der Waals surface area contributed by atoms with Crippen LogP contribution in [0.1, 0.15) is 0 Å². The summed E-state index contributed by atoms with van der Waals surface area (Å²) in [4.78, 5) is 0. The molecule has 2 aromatic rings. The van der Waals surface area contributed by atoms with Crippen LogP contribution in [0, 0.1) is 0 Å². The zero-order valence-electron chi connectivity index (χ0n) is 8.68. The van der Waals surface area contributed by atoms with Crippen molar-refractivity contribution < 1.29 is 0 Å². The number of hydrogen-bond donors (Lipinski definition) is 2. The molecule has 82 valence electrons. The van der Waals surface area contributed by atoms with Gasteiger partial charge in [-0.2, -0.15) is 0 Å². The van der Waals surface area contributed by atoms with Gasteiger partial charge in [-0.3, -0.25) is 0 Å². The Labute approximate surface area is 98.0 Å². The first-order valence-corrected chi connectivity index (χ1v) is 5.70. The second kappa shape index (κ2) is 5.27. The number of aromatic nitrogens is 2. The molecule has 0 atom stereocenters. The molecule has 0 bridgehead atoms. The average Bonchev–Trinajstić information content (AvgIpc) is 2.75. The van der Waals surface area contributed by atoms with E-state index in [0.29, 0.717) is 6.54 Å². The van der Waals surface area contributed by atoms with Crippen molar-refractivity contribution in [2.75, 3.05) is 17.2 Å². The minimum atomic E-state index is 0.694. The van der Waals surface area contributed by atoms with Crippen molar-refractivity contribution >= 4 is 27.3 Å². The van der Waals surface area contributed by atoms with E-state index in [1.807, 2.05) is 30.3 Å². The van der Waals surface area contributed by atoms with Gasteiger partial charge in [0.1, 0.15) is 0 Å². The highest BCUT2D eigenvalue weighted by Gasteiger charge is 2.02. The van der Waals surface area contributed by atoms with E-state index in [2.05, 4.69) is 27.4 Å². The zero-order chi connectivity index (χ0) is 11.2. The Morgan fingerprint density at radius 3 is 2.69 bits per heavy atom. The average molecular weight is 232 g/mol. The molecule has 1 aromatic heterocycles. The van der Waals surface area contributed by atoms with Crippen molar-refractivity contribution in [2.24, 2.45) is 0 Å². The summed E-state index contributed by atoms with van der Waals surface area (Å²) < 4.78 is 0. The highest BCUT2D eigenvalue weighted by Crippen LogP contribution is 2.23. The number of anilines is 3. The van der Waals surface area contributed by atoms with E-state index in [1.54, 1.807) is 6.08 Å². The quantitative estimate of drug-likeness (QED) is 0.778. The third kappa shape index (κ3) is 2.80. The van der Waals surface area contributed by atoms with Crippen LogP contribution < -0.4 is 10.6 Å². The molecule has 0 amide bonds. The highest BCUT2D eigenvalue weighted by molar-refractivity contribution is 7.19. The standard InChI is InChI=1S/C11H12N4S/c1-2-8-12-10-14-15-11(16-10)13-9-6-4-3-5-7-9/h2-7H,1,8H2,(H,12,14)(H,13,15). The summed E-state index contributed by atoms with van der Waals surface area (Å²) in [6, 6.07) is 9.89. The SMILES string of the molecule is C=CCNc1nnc(Nc2ccccc2)s1. The van der Waals surface area contributed by atoms with Crippen LogP contribution in [-0.4, -0.2) is 16.7 Å². The van der Waals surface area contributed by atoms with Crippen LogP contribution >= 0.6 is 11.3 Å². The molecule has 16 heavy (non-hydrogen) atoms. The Morgan fingerprint density at radius 1 is 1.19 bits per heavy atom. The molecule has 1 heterocycles. The Bertz CT molecular complexity index is 452. The van der Waals surface area contributed by atoms with E-state index < -0.39 is 0 Å². The van der Waals surface area contributed by atoms with Gasteiger partial charge < -0.3 is 10.6 Å². The van der Waals surface area contributed by atoms with Crippen LogP contribution in [0.5, 0.6) is 0 Å². The molecule has 4 nitrogen and oxygen atoms in total. The topological polar surface area (TPSA) is 49.8 Å². The fraction of sp³-hybridized carbons (Fsp3) is 0.0909. The molecule has 5 heteroatoms. The van der Waals surface area contributed by atoms with Gasteiger partial charge in [-0.25, -0.2) is 0 Å². The molecule has 0 aliphatic heterocycles. The number of nitrogens with zero attached hydrogens (tertiary/aromatic N) is 2. The second-order valence-corrected chi connectivity index (χ2v) is 4.05. The van der Waals surface area contributed by atoms with Gasteiger partial charge in [-0.05, 0) is 12.1 Å². The van der Waals surface area contributed by atoms with E-state index >= 15 is 0 Å². The van der Waals surface area contributed by atoms with Gasteiger partial charge in [-0.15, -0.1) is 16.8 Å². The van der Waals surface area contributed by atoms with E-state index in [4.69, 9.17) is 0 Å². The van der Waals surface area contributed by atoms with Gasteiger partial charge in [0.2, 0.25) is 10.3 Å². The summed E-state index contributed by atoms with van der Waals surface area (Å²) in [7, 11) is 0. The molecule has 0 aliphatic rings. The lowest BCUT2D eigenvalue weighted by Gasteiger charge is -1.99. The number of rotatable bonds is 5. The molecule has 0 radical (unpaired) electrons. The summed E-state index contributed by atoms with van der Waals surface area (Å²) in [5.41, 5.74) is 1.01. The van der Waals surface area contributed by atoms with Gasteiger partial charge in [-0.1, -0.05) is 35.6 Å². The molecule has 0 saturated heterocycles. The lowest BCUT2D eigenvalue weighted by Crippen LogP contribution is -1.96. The first-order chi connectivity index (χ1) is 7.88. The lowest BCUT2D eigenvalue weighted by atomic mass is 10.3. The largest absolute Gasteiger partial charge is 0.357 e. The third-order valence-corrected chi connectivity index (χ3v) is 2.64. The minimum Gasteiger partial charge on any atom is -0.357 e. The van der Waals surface area contributed by atoms with Crippen LogP contribution in [-0.2, 0) is 0 Å². The predicted octanol–water partition coefficient (Wildman–Crippen LogP) is 2.88. The number of hydrogen-bond acceptors (Lipinski definition) is 5. The van der Waals surface area contributed by atoms with E-state index in [9.17, 15) is 0 Å². The lowest BCUT2D eigenvalue weighted by molar-refractivity contribution is 1.08. The van der Waals surface area contributed by atoms with E-state index in [-0.39, 0.29) is 0 Å². The maximum atomic E-state index is 4.02. The highest BCUT2D eigenvalue weighted by atomic mass is 32.1. The van der Waals surface area contributed by atoms with Crippen molar-refractivity contribution in [1.29, 1.82) is 0 Å². The molecular weight excluding hydrogens is 220 g/mol. The normalized spacial score (nSPS) is 9.75. The summed E-state index contributed by atoms with van der Waals surface area (Å²) in [5.74, 6) is 0. The molecular formula is C11H12N4S. The first-order valence-electron chi connectivity index (χ1n) is 4.89. The summed E-state index contributed by atoms with van der Waals surface area (Å²) >= 11 is 1.48. The molecule has 0 saturated carbocycles. The number of para-hydroxylation sites is 1. The van der Waals surface area contributed by atoms with E-state index in [0.717, 1.165) is 16.0 Å². The molecule has 0 spiro atoms. The van der Waals surface area contributed by atoms with Crippen LogP contribution in [0.4, 0.5) is 16.0 Å².